The second-order valence-corrected chi connectivity index (χ2v) is 4.27. The van der Waals surface area contributed by atoms with Gasteiger partial charge in [0.1, 0.15) is 13.2 Å². The van der Waals surface area contributed by atoms with Gasteiger partial charge in [-0.1, -0.05) is 0 Å². The van der Waals surface area contributed by atoms with E-state index in [1.165, 1.54) is 6.92 Å². The second kappa shape index (κ2) is 7.48. The molecule has 0 aliphatic heterocycles. The van der Waals surface area contributed by atoms with Crippen molar-refractivity contribution in [2.75, 3.05) is 13.2 Å². The third-order valence-electron chi connectivity index (χ3n) is 2.35. The molecule has 22 heavy (non-hydrogen) atoms. The number of nitrogens with two attached hydrogens (primary N) is 1. The Morgan fingerprint density at radius 3 is 2.18 bits per heavy atom. The van der Waals surface area contributed by atoms with Crippen LogP contribution in [0.4, 0.5) is 13.2 Å². The van der Waals surface area contributed by atoms with Gasteiger partial charge in [0, 0.05) is 11.8 Å². The van der Waals surface area contributed by atoms with Gasteiger partial charge >= 0.3 is 18.1 Å². The summed E-state index contributed by atoms with van der Waals surface area (Å²) in [6, 6.07) is 3.59. The SMILES string of the molecule is C/C(N)=C/C(=O)OCCOC(=O)c1ccc(C(F)(F)F)cc1. The van der Waals surface area contributed by atoms with Gasteiger partial charge in [-0.3, -0.25) is 0 Å². The van der Waals surface area contributed by atoms with E-state index < -0.39 is 23.7 Å². The van der Waals surface area contributed by atoms with Crippen molar-refractivity contribution in [2.24, 2.45) is 5.73 Å². The number of carbonyl (C=O) groups excluding carboxylic acids is 2. The molecule has 5 nitrogen and oxygen atoms in total. The highest BCUT2D eigenvalue weighted by Crippen LogP contribution is 2.29. The number of rotatable bonds is 5. The summed E-state index contributed by atoms with van der Waals surface area (Å²) in [5.74, 6) is -1.49. The summed E-state index contributed by atoms with van der Waals surface area (Å²) in [5.41, 5.74) is 4.64. The highest BCUT2D eigenvalue weighted by Gasteiger charge is 2.30. The molecule has 0 aliphatic rings. The van der Waals surface area contributed by atoms with Crippen LogP contribution in [0, 0.1) is 0 Å². The Hall–Kier alpha value is -2.51. The van der Waals surface area contributed by atoms with E-state index in [0.29, 0.717) is 0 Å². The molecule has 0 saturated heterocycles. The highest BCUT2D eigenvalue weighted by molar-refractivity contribution is 5.89. The number of hydrogen-bond acceptors (Lipinski definition) is 5. The summed E-state index contributed by atoms with van der Waals surface area (Å²) in [6.07, 6.45) is -3.40. The zero-order valence-electron chi connectivity index (χ0n) is 11.6. The lowest BCUT2D eigenvalue weighted by molar-refractivity contribution is -0.139. The zero-order chi connectivity index (χ0) is 16.8. The smallest absolute Gasteiger partial charge is 0.416 e. The highest BCUT2D eigenvalue weighted by atomic mass is 19.4. The van der Waals surface area contributed by atoms with Gasteiger partial charge in [-0.15, -0.1) is 0 Å². The lowest BCUT2D eigenvalue weighted by Gasteiger charge is -2.08. The summed E-state index contributed by atoms with van der Waals surface area (Å²) in [5, 5.41) is 0. The summed E-state index contributed by atoms with van der Waals surface area (Å²) >= 11 is 0. The van der Waals surface area contributed by atoms with Crippen LogP contribution in [0.3, 0.4) is 0 Å². The number of alkyl halides is 3. The van der Waals surface area contributed by atoms with Crippen LogP contribution in [-0.2, 0) is 20.4 Å². The van der Waals surface area contributed by atoms with E-state index in [4.69, 9.17) is 10.5 Å². The maximum atomic E-state index is 12.4. The number of allylic oxidation sites excluding steroid dienone is 1. The number of hydrogen-bond donors (Lipinski definition) is 1. The van der Waals surface area contributed by atoms with Gasteiger partial charge in [0.25, 0.3) is 0 Å². The van der Waals surface area contributed by atoms with Crippen LogP contribution < -0.4 is 5.73 Å². The van der Waals surface area contributed by atoms with Crippen molar-refractivity contribution in [3.05, 3.63) is 47.2 Å². The molecule has 0 heterocycles. The van der Waals surface area contributed by atoms with E-state index >= 15 is 0 Å². The quantitative estimate of drug-likeness (QED) is 0.512. The van der Waals surface area contributed by atoms with Crippen molar-refractivity contribution in [2.45, 2.75) is 13.1 Å². The van der Waals surface area contributed by atoms with Crippen molar-refractivity contribution >= 4 is 11.9 Å². The molecule has 0 amide bonds. The first-order valence-electron chi connectivity index (χ1n) is 6.15. The monoisotopic (exact) mass is 317 g/mol. The molecule has 0 unspecified atom stereocenters. The zero-order valence-corrected chi connectivity index (χ0v) is 11.6. The molecule has 1 rings (SSSR count). The summed E-state index contributed by atoms with van der Waals surface area (Å²) in [6.45, 7) is 1.10. The van der Waals surface area contributed by atoms with E-state index in [1.54, 1.807) is 0 Å². The molecule has 0 aromatic heterocycles. The largest absolute Gasteiger partial charge is 0.459 e. The van der Waals surface area contributed by atoms with Gasteiger partial charge in [0.15, 0.2) is 0 Å². The Kier molecular flexibility index (Phi) is 5.97. The lowest BCUT2D eigenvalue weighted by Crippen LogP contribution is -2.14. The van der Waals surface area contributed by atoms with Crippen LogP contribution in [-0.4, -0.2) is 25.2 Å². The average molecular weight is 317 g/mol. The van der Waals surface area contributed by atoms with Crippen LogP contribution in [0.2, 0.25) is 0 Å². The number of esters is 2. The van der Waals surface area contributed by atoms with E-state index in [-0.39, 0.29) is 24.5 Å². The Labute approximate surface area is 124 Å². The predicted octanol–water partition coefficient (Wildman–Crippen LogP) is 2.27. The third kappa shape index (κ3) is 5.86. The van der Waals surface area contributed by atoms with Gasteiger partial charge in [-0.25, -0.2) is 9.59 Å². The van der Waals surface area contributed by atoms with E-state index in [2.05, 4.69) is 4.74 Å². The van der Waals surface area contributed by atoms with Crippen LogP contribution in [0.5, 0.6) is 0 Å². The normalized spacial score (nSPS) is 11.9. The van der Waals surface area contributed by atoms with Gasteiger partial charge in [0.2, 0.25) is 0 Å². The van der Waals surface area contributed by atoms with Gasteiger partial charge < -0.3 is 15.2 Å². The topological polar surface area (TPSA) is 78.6 Å². The molecule has 1 aromatic rings. The minimum Gasteiger partial charge on any atom is -0.459 e. The molecular formula is C14H14F3NO4. The minimum absolute atomic E-state index is 0.0305. The van der Waals surface area contributed by atoms with Crippen molar-refractivity contribution in [3.63, 3.8) is 0 Å². The average Bonchev–Trinajstić information content (AvgIpc) is 2.42. The van der Waals surface area contributed by atoms with Crippen molar-refractivity contribution in [1.29, 1.82) is 0 Å². The number of ether oxygens (including phenoxy) is 2. The molecular weight excluding hydrogens is 303 g/mol. The second-order valence-electron chi connectivity index (χ2n) is 4.27. The minimum atomic E-state index is -4.47. The standard InChI is InChI=1S/C14H14F3NO4/c1-9(18)8-12(19)21-6-7-22-13(20)10-2-4-11(5-3-10)14(15,16)17/h2-5,8H,6-7,18H2,1H3/b9-8-. The molecule has 0 saturated carbocycles. The summed E-state index contributed by atoms with van der Waals surface area (Å²) in [7, 11) is 0. The van der Waals surface area contributed by atoms with Gasteiger partial charge in [0.05, 0.1) is 11.1 Å². The van der Waals surface area contributed by atoms with Crippen LogP contribution >= 0.6 is 0 Å². The van der Waals surface area contributed by atoms with Crippen molar-refractivity contribution in [3.8, 4) is 0 Å². The fraction of sp³-hybridized carbons (Fsp3) is 0.286. The molecule has 8 heteroatoms. The maximum absolute atomic E-state index is 12.4. The molecule has 2 N–H and O–H groups in total. The Balaban J connectivity index is 2.43. The fourth-order valence-corrected chi connectivity index (χ4v) is 1.38. The number of carbonyl (C=O) groups is 2. The molecule has 0 bridgehead atoms. The molecule has 1 aromatic carbocycles. The summed E-state index contributed by atoms with van der Waals surface area (Å²) in [4.78, 5) is 22.6. The van der Waals surface area contributed by atoms with E-state index in [0.717, 1.165) is 30.3 Å². The first-order valence-corrected chi connectivity index (χ1v) is 6.15. The number of benzene rings is 1. The number of halogens is 3. The van der Waals surface area contributed by atoms with Crippen molar-refractivity contribution in [1.82, 2.24) is 0 Å². The molecule has 120 valence electrons. The molecule has 0 radical (unpaired) electrons. The first kappa shape index (κ1) is 17.5. The van der Waals surface area contributed by atoms with Crippen molar-refractivity contribution < 1.29 is 32.2 Å². The Morgan fingerprint density at radius 2 is 1.68 bits per heavy atom. The summed E-state index contributed by atoms with van der Waals surface area (Å²) < 4.78 is 46.5. The molecule has 0 aliphatic carbocycles. The molecule has 0 fully saturated rings. The Morgan fingerprint density at radius 1 is 1.14 bits per heavy atom. The van der Waals surface area contributed by atoms with Crippen LogP contribution in [0.25, 0.3) is 0 Å². The van der Waals surface area contributed by atoms with E-state index in [1.807, 2.05) is 0 Å². The van der Waals surface area contributed by atoms with Gasteiger partial charge in [-0.2, -0.15) is 13.2 Å². The fourth-order valence-electron chi connectivity index (χ4n) is 1.38. The predicted molar refractivity (Wildman–Crippen MR) is 70.6 cm³/mol. The molecule has 0 spiro atoms. The van der Waals surface area contributed by atoms with Crippen LogP contribution in [0.1, 0.15) is 22.8 Å². The van der Waals surface area contributed by atoms with Crippen LogP contribution in [0.15, 0.2) is 36.0 Å². The van der Waals surface area contributed by atoms with E-state index in [9.17, 15) is 22.8 Å². The van der Waals surface area contributed by atoms with Gasteiger partial charge in [-0.05, 0) is 31.2 Å². The first-order chi connectivity index (χ1) is 10.2. The molecule has 0 atom stereocenters. The lowest BCUT2D eigenvalue weighted by atomic mass is 10.1. The maximum Gasteiger partial charge on any atom is 0.416 e. The Bertz CT molecular complexity index is 560. The third-order valence-corrected chi connectivity index (χ3v) is 2.35.